The molecule has 0 aromatic heterocycles. The van der Waals surface area contributed by atoms with Gasteiger partial charge in [0.05, 0.1) is 13.2 Å². The molecule has 4 heteroatoms. The Labute approximate surface area is 85.2 Å². The van der Waals surface area contributed by atoms with Gasteiger partial charge in [-0.2, -0.15) is 0 Å². The third-order valence-electron chi connectivity index (χ3n) is 2.53. The number of amides is 1. The van der Waals surface area contributed by atoms with E-state index in [1.54, 1.807) is 0 Å². The van der Waals surface area contributed by atoms with Crippen LogP contribution in [-0.4, -0.2) is 32.2 Å². The first-order valence-electron chi connectivity index (χ1n) is 5.40. The van der Waals surface area contributed by atoms with Gasteiger partial charge in [-0.3, -0.25) is 4.79 Å². The van der Waals surface area contributed by atoms with Crippen LogP contribution in [-0.2, 0) is 9.53 Å². The molecule has 0 atom stereocenters. The predicted molar refractivity (Wildman–Crippen MR) is 54.8 cm³/mol. The number of carbonyl (C=O) groups excluding carboxylic acids is 1. The molecule has 1 saturated carbocycles. The van der Waals surface area contributed by atoms with E-state index in [-0.39, 0.29) is 11.8 Å². The molecule has 0 spiro atoms. The van der Waals surface area contributed by atoms with Crippen molar-refractivity contribution < 1.29 is 9.53 Å². The van der Waals surface area contributed by atoms with Crippen LogP contribution in [0.2, 0.25) is 0 Å². The van der Waals surface area contributed by atoms with E-state index < -0.39 is 0 Å². The van der Waals surface area contributed by atoms with Crippen LogP contribution in [0.25, 0.3) is 0 Å². The average molecular weight is 200 g/mol. The molecule has 1 fully saturated rings. The van der Waals surface area contributed by atoms with E-state index in [0.29, 0.717) is 26.3 Å². The summed E-state index contributed by atoms with van der Waals surface area (Å²) in [5.41, 5.74) is 5.26. The van der Waals surface area contributed by atoms with E-state index in [4.69, 9.17) is 10.5 Å². The smallest absolute Gasteiger partial charge is 0.223 e. The molecular weight excluding hydrogens is 180 g/mol. The zero-order chi connectivity index (χ0) is 10.2. The van der Waals surface area contributed by atoms with Gasteiger partial charge in [-0.15, -0.1) is 0 Å². The van der Waals surface area contributed by atoms with E-state index in [0.717, 1.165) is 12.8 Å². The van der Waals surface area contributed by atoms with E-state index in [1.165, 1.54) is 12.8 Å². The Hall–Kier alpha value is -0.610. The second-order valence-corrected chi connectivity index (χ2v) is 3.67. The largest absolute Gasteiger partial charge is 0.378 e. The quantitative estimate of drug-likeness (QED) is 0.605. The molecule has 0 heterocycles. The molecule has 0 bridgehead atoms. The minimum absolute atomic E-state index is 0.193. The normalized spacial score (nSPS) is 17.2. The van der Waals surface area contributed by atoms with Crippen LogP contribution in [0, 0.1) is 5.92 Å². The highest BCUT2D eigenvalue weighted by Crippen LogP contribution is 2.24. The lowest BCUT2D eigenvalue weighted by atomic mass is 10.1. The van der Waals surface area contributed by atoms with Crippen LogP contribution in [0.4, 0.5) is 0 Å². The summed E-state index contributed by atoms with van der Waals surface area (Å²) in [6.45, 7) is 2.28. The van der Waals surface area contributed by atoms with Gasteiger partial charge in [0.2, 0.25) is 5.91 Å². The van der Waals surface area contributed by atoms with Crippen molar-refractivity contribution in [3.05, 3.63) is 0 Å². The third-order valence-corrected chi connectivity index (χ3v) is 2.53. The van der Waals surface area contributed by atoms with Crippen LogP contribution < -0.4 is 11.1 Å². The molecule has 14 heavy (non-hydrogen) atoms. The maximum Gasteiger partial charge on any atom is 0.223 e. The molecule has 4 nitrogen and oxygen atoms in total. The molecule has 1 aliphatic rings. The van der Waals surface area contributed by atoms with Crippen molar-refractivity contribution in [1.29, 1.82) is 0 Å². The molecular formula is C10H20N2O2. The monoisotopic (exact) mass is 200 g/mol. The first-order chi connectivity index (χ1) is 6.84. The van der Waals surface area contributed by atoms with Crippen LogP contribution in [0.3, 0.4) is 0 Å². The average Bonchev–Trinajstić information content (AvgIpc) is 2.70. The summed E-state index contributed by atoms with van der Waals surface area (Å²) in [5.74, 6) is 0.448. The Morgan fingerprint density at radius 3 is 2.71 bits per heavy atom. The molecule has 1 rings (SSSR count). The lowest BCUT2D eigenvalue weighted by Crippen LogP contribution is -2.32. The zero-order valence-electron chi connectivity index (χ0n) is 8.63. The lowest BCUT2D eigenvalue weighted by molar-refractivity contribution is -0.125. The second kappa shape index (κ2) is 6.79. The third kappa shape index (κ3) is 4.07. The van der Waals surface area contributed by atoms with Crippen LogP contribution >= 0.6 is 0 Å². The minimum atomic E-state index is 0.193. The van der Waals surface area contributed by atoms with Crippen LogP contribution in [0.5, 0.6) is 0 Å². The summed E-state index contributed by atoms with van der Waals surface area (Å²) in [6.07, 6.45) is 4.49. The van der Waals surface area contributed by atoms with Gasteiger partial charge in [0.25, 0.3) is 0 Å². The number of nitrogens with one attached hydrogen (secondary N) is 1. The number of ether oxygens (including phenoxy) is 1. The molecule has 0 aliphatic heterocycles. The Morgan fingerprint density at radius 2 is 2.07 bits per heavy atom. The summed E-state index contributed by atoms with van der Waals surface area (Å²) < 4.78 is 5.16. The summed E-state index contributed by atoms with van der Waals surface area (Å²) in [6, 6.07) is 0. The SMILES string of the molecule is NCCOCCNC(=O)C1CCCC1. The first kappa shape index (κ1) is 11.5. The number of hydrogen-bond donors (Lipinski definition) is 2. The summed E-state index contributed by atoms with van der Waals surface area (Å²) in [4.78, 5) is 11.5. The fraction of sp³-hybridized carbons (Fsp3) is 0.900. The van der Waals surface area contributed by atoms with Crippen LogP contribution in [0.1, 0.15) is 25.7 Å². The molecule has 0 aromatic rings. The molecule has 1 amide bonds. The summed E-state index contributed by atoms with van der Waals surface area (Å²) in [5, 5.41) is 2.88. The maximum absolute atomic E-state index is 11.5. The zero-order valence-corrected chi connectivity index (χ0v) is 8.63. The minimum Gasteiger partial charge on any atom is -0.378 e. The lowest BCUT2D eigenvalue weighted by Gasteiger charge is -2.10. The summed E-state index contributed by atoms with van der Waals surface area (Å²) in [7, 11) is 0. The molecule has 0 aromatic carbocycles. The molecule has 0 radical (unpaired) electrons. The van der Waals surface area contributed by atoms with Crippen molar-refractivity contribution in [2.75, 3.05) is 26.3 Å². The molecule has 82 valence electrons. The van der Waals surface area contributed by atoms with Crippen molar-refractivity contribution in [3.63, 3.8) is 0 Å². The number of rotatable bonds is 6. The fourth-order valence-electron chi connectivity index (χ4n) is 1.76. The Morgan fingerprint density at radius 1 is 1.36 bits per heavy atom. The van der Waals surface area contributed by atoms with Crippen LogP contribution in [0.15, 0.2) is 0 Å². The van der Waals surface area contributed by atoms with Gasteiger partial charge >= 0.3 is 0 Å². The maximum atomic E-state index is 11.5. The van der Waals surface area contributed by atoms with Gasteiger partial charge in [0.1, 0.15) is 0 Å². The van der Waals surface area contributed by atoms with E-state index in [2.05, 4.69) is 5.32 Å². The molecule has 3 N–H and O–H groups in total. The van der Waals surface area contributed by atoms with Gasteiger partial charge in [-0.1, -0.05) is 12.8 Å². The number of carbonyl (C=O) groups is 1. The number of nitrogens with two attached hydrogens (primary N) is 1. The molecule has 1 aliphatic carbocycles. The van der Waals surface area contributed by atoms with Gasteiger partial charge in [-0.05, 0) is 12.8 Å². The van der Waals surface area contributed by atoms with E-state index in [1.807, 2.05) is 0 Å². The van der Waals surface area contributed by atoms with Gasteiger partial charge in [0.15, 0.2) is 0 Å². The first-order valence-corrected chi connectivity index (χ1v) is 5.40. The van der Waals surface area contributed by atoms with Crippen molar-refractivity contribution in [3.8, 4) is 0 Å². The van der Waals surface area contributed by atoms with E-state index >= 15 is 0 Å². The van der Waals surface area contributed by atoms with Gasteiger partial charge in [0, 0.05) is 19.0 Å². The molecule has 0 unspecified atom stereocenters. The van der Waals surface area contributed by atoms with Gasteiger partial charge in [-0.25, -0.2) is 0 Å². The topological polar surface area (TPSA) is 64.3 Å². The van der Waals surface area contributed by atoms with Crippen molar-refractivity contribution in [2.24, 2.45) is 11.7 Å². The highest BCUT2D eigenvalue weighted by molar-refractivity contribution is 5.78. The van der Waals surface area contributed by atoms with Crippen molar-refractivity contribution in [1.82, 2.24) is 5.32 Å². The van der Waals surface area contributed by atoms with Gasteiger partial charge < -0.3 is 15.8 Å². The molecule has 0 saturated heterocycles. The Kier molecular flexibility index (Phi) is 5.56. The van der Waals surface area contributed by atoms with Crippen molar-refractivity contribution in [2.45, 2.75) is 25.7 Å². The Balaban J connectivity index is 1.97. The highest BCUT2D eigenvalue weighted by Gasteiger charge is 2.21. The Bertz CT molecular complexity index is 168. The van der Waals surface area contributed by atoms with Crippen molar-refractivity contribution >= 4 is 5.91 Å². The standard InChI is InChI=1S/C10H20N2O2/c11-5-7-14-8-6-12-10(13)9-3-1-2-4-9/h9H,1-8,11H2,(H,12,13). The fourth-order valence-corrected chi connectivity index (χ4v) is 1.76. The number of hydrogen-bond acceptors (Lipinski definition) is 3. The summed E-state index contributed by atoms with van der Waals surface area (Å²) >= 11 is 0. The highest BCUT2D eigenvalue weighted by atomic mass is 16.5. The predicted octanol–water partition coefficient (Wildman–Crippen LogP) is 0.268. The second-order valence-electron chi connectivity index (χ2n) is 3.67. The van der Waals surface area contributed by atoms with E-state index in [9.17, 15) is 4.79 Å².